The maximum absolute atomic E-state index is 14.5. The van der Waals surface area contributed by atoms with Crippen LogP contribution in [-0.2, 0) is 0 Å². The van der Waals surface area contributed by atoms with Gasteiger partial charge in [-0.3, -0.25) is 10.1 Å². The molecule has 2 fully saturated rings. The molecule has 0 radical (unpaired) electrons. The summed E-state index contributed by atoms with van der Waals surface area (Å²) in [6.45, 7) is 0. The molecule has 1 heterocycles. The molecule has 0 aromatic heterocycles. The van der Waals surface area contributed by atoms with Crippen LogP contribution in [0.25, 0.3) is 0 Å². The number of hydrogen-bond donors (Lipinski definition) is 1. The van der Waals surface area contributed by atoms with Gasteiger partial charge in [-0.15, -0.1) is 0 Å². The zero-order valence-corrected chi connectivity index (χ0v) is 13.7. The van der Waals surface area contributed by atoms with Gasteiger partial charge in [0.1, 0.15) is 5.82 Å². The Morgan fingerprint density at radius 3 is 2.68 bits per heavy atom. The summed E-state index contributed by atoms with van der Waals surface area (Å²) in [6, 6.07) is 12.0. The lowest BCUT2D eigenvalue weighted by atomic mass is 9.68. The Kier molecular flexibility index (Phi) is 3.14. The van der Waals surface area contributed by atoms with E-state index in [0.717, 1.165) is 17.7 Å². The number of rotatable bonds is 2. The van der Waals surface area contributed by atoms with E-state index in [-0.39, 0.29) is 22.5 Å². The van der Waals surface area contributed by atoms with Gasteiger partial charge in [-0.25, -0.2) is 4.39 Å². The zero-order valence-electron chi connectivity index (χ0n) is 13.7. The van der Waals surface area contributed by atoms with Crippen LogP contribution in [0, 0.1) is 33.7 Å². The molecular weight excluding hydrogens is 319 g/mol. The summed E-state index contributed by atoms with van der Waals surface area (Å²) in [7, 11) is 0. The Hall–Kier alpha value is -2.43. The Labute approximate surface area is 145 Å². The van der Waals surface area contributed by atoms with Crippen molar-refractivity contribution in [2.75, 3.05) is 5.32 Å². The minimum atomic E-state index is -0.328. The van der Waals surface area contributed by atoms with E-state index in [1.807, 2.05) is 12.1 Å². The number of nitrogens with zero attached hydrogens (tertiary/aromatic N) is 1. The molecule has 0 unspecified atom stereocenters. The molecule has 1 aliphatic heterocycles. The summed E-state index contributed by atoms with van der Waals surface area (Å²) in [5.74, 6) is 1.56. The van der Waals surface area contributed by atoms with Crippen molar-refractivity contribution in [1.29, 1.82) is 0 Å². The van der Waals surface area contributed by atoms with E-state index in [1.165, 1.54) is 25.0 Å². The normalized spacial score (nSPS) is 32.0. The first kappa shape index (κ1) is 14.9. The topological polar surface area (TPSA) is 55.2 Å². The fourth-order valence-electron chi connectivity index (χ4n) is 5.62. The van der Waals surface area contributed by atoms with Crippen LogP contribution in [0.4, 0.5) is 15.8 Å². The van der Waals surface area contributed by atoms with Crippen LogP contribution in [0.3, 0.4) is 0 Å². The van der Waals surface area contributed by atoms with Gasteiger partial charge in [0.15, 0.2) is 0 Å². The van der Waals surface area contributed by atoms with Crippen molar-refractivity contribution < 1.29 is 9.31 Å². The van der Waals surface area contributed by atoms with Crippen molar-refractivity contribution in [3.63, 3.8) is 0 Å². The molecule has 5 heteroatoms. The summed E-state index contributed by atoms with van der Waals surface area (Å²) in [5.41, 5.74) is 2.84. The monoisotopic (exact) mass is 338 g/mol. The van der Waals surface area contributed by atoms with E-state index >= 15 is 0 Å². The van der Waals surface area contributed by atoms with E-state index in [0.29, 0.717) is 29.2 Å². The average molecular weight is 338 g/mol. The van der Waals surface area contributed by atoms with Crippen LogP contribution in [0.2, 0.25) is 0 Å². The third-order valence-corrected chi connectivity index (χ3v) is 6.52. The summed E-state index contributed by atoms with van der Waals surface area (Å²) < 4.78 is 14.5. The van der Waals surface area contributed by atoms with Crippen molar-refractivity contribution in [2.45, 2.75) is 31.2 Å². The molecule has 0 saturated heterocycles. The second-order valence-electron chi connectivity index (χ2n) is 7.61. The number of nitro groups is 1. The van der Waals surface area contributed by atoms with E-state index in [9.17, 15) is 14.5 Å². The minimum absolute atomic E-state index is 0.0598. The first-order valence-corrected chi connectivity index (χ1v) is 8.93. The van der Waals surface area contributed by atoms with Gasteiger partial charge < -0.3 is 5.32 Å². The van der Waals surface area contributed by atoms with Gasteiger partial charge in [0.05, 0.1) is 11.0 Å². The third-order valence-electron chi connectivity index (χ3n) is 6.52. The number of benzene rings is 2. The molecule has 1 N–H and O–H groups in total. The van der Waals surface area contributed by atoms with Gasteiger partial charge in [0.2, 0.25) is 0 Å². The molecule has 2 bridgehead atoms. The third kappa shape index (κ3) is 2.11. The van der Waals surface area contributed by atoms with Crippen LogP contribution in [-0.4, -0.2) is 4.92 Å². The van der Waals surface area contributed by atoms with Crippen LogP contribution in [0.15, 0.2) is 42.5 Å². The van der Waals surface area contributed by atoms with Crippen molar-refractivity contribution >= 4 is 11.4 Å². The van der Waals surface area contributed by atoms with Gasteiger partial charge in [0, 0.05) is 23.4 Å². The number of anilines is 1. The molecule has 2 saturated carbocycles. The molecule has 5 rings (SSSR count). The van der Waals surface area contributed by atoms with Gasteiger partial charge in [-0.2, -0.15) is 0 Å². The zero-order chi connectivity index (χ0) is 17.1. The summed E-state index contributed by atoms with van der Waals surface area (Å²) in [4.78, 5) is 10.9. The molecule has 4 nitrogen and oxygen atoms in total. The largest absolute Gasteiger partial charge is 0.378 e. The molecule has 2 aliphatic carbocycles. The highest BCUT2D eigenvalue weighted by atomic mass is 19.1. The van der Waals surface area contributed by atoms with Crippen LogP contribution in [0.5, 0.6) is 0 Å². The standard InChI is InChI=1S/C20H19FN2O2/c21-16-4-2-1-3-14(16)20-19-12-6-5-11(9-12)18(19)15-10-13(23(24)25)7-8-17(15)22-20/h1-4,7-8,10-12,18-20,22H,5-6,9H2/t11-,12+,18+,19-,20-/m0/s1. The number of fused-ring (bicyclic) bond motifs is 7. The Balaban J connectivity index is 1.65. The van der Waals surface area contributed by atoms with Crippen LogP contribution in [0.1, 0.15) is 42.3 Å². The summed E-state index contributed by atoms with van der Waals surface area (Å²) in [5, 5.41) is 14.7. The molecule has 0 spiro atoms. The molecule has 2 aromatic rings. The molecule has 5 atom stereocenters. The predicted molar refractivity (Wildman–Crippen MR) is 92.9 cm³/mol. The maximum atomic E-state index is 14.5. The quantitative estimate of drug-likeness (QED) is 0.617. The van der Waals surface area contributed by atoms with E-state index in [2.05, 4.69) is 5.32 Å². The Bertz CT molecular complexity index is 869. The Morgan fingerprint density at radius 1 is 1.08 bits per heavy atom. The summed E-state index contributed by atoms with van der Waals surface area (Å²) in [6.07, 6.45) is 3.52. The van der Waals surface area contributed by atoms with E-state index < -0.39 is 0 Å². The lowest BCUT2D eigenvalue weighted by molar-refractivity contribution is -0.384. The number of halogens is 1. The average Bonchev–Trinajstić information content (AvgIpc) is 3.23. The predicted octanol–water partition coefficient (Wildman–Crippen LogP) is 5.03. The molecular formula is C20H19FN2O2. The van der Waals surface area contributed by atoms with Crippen molar-refractivity contribution in [3.8, 4) is 0 Å². The SMILES string of the molecule is O=[N+]([O-])c1ccc2c(c1)[C@H]1[C@H]3CC[C@H](C3)[C@@H]1[C@H](c1ccccc1F)N2. The van der Waals surface area contributed by atoms with Crippen molar-refractivity contribution in [3.05, 3.63) is 69.5 Å². The molecule has 128 valence electrons. The molecule has 3 aliphatic rings. The minimum Gasteiger partial charge on any atom is -0.378 e. The first-order valence-electron chi connectivity index (χ1n) is 8.93. The van der Waals surface area contributed by atoms with E-state index in [4.69, 9.17) is 0 Å². The molecule has 25 heavy (non-hydrogen) atoms. The second kappa shape index (κ2) is 5.28. The lowest BCUT2D eigenvalue weighted by Crippen LogP contribution is -2.35. The number of hydrogen-bond acceptors (Lipinski definition) is 3. The number of nitro benzene ring substituents is 1. The second-order valence-corrected chi connectivity index (χ2v) is 7.61. The maximum Gasteiger partial charge on any atom is 0.269 e. The molecule has 2 aromatic carbocycles. The highest BCUT2D eigenvalue weighted by Crippen LogP contribution is 2.64. The van der Waals surface area contributed by atoms with Crippen molar-refractivity contribution in [2.24, 2.45) is 17.8 Å². The number of non-ortho nitro benzene ring substituents is 1. The lowest BCUT2D eigenvalue weighted by Gasteiger charge is -2.43. The van der Waals surface area contributed by atoms with Gasteiger partial charge in [0.25, 0.3) is 5.69 Å². The Morgan fingerprint density at radius 2 is 1.88 bits per heavy atom. The van der Waals surface area contributed by atoms with Crippen LogP contribution < -0.4 is 5.32 Å². The highest BCUT2D eigenvalue weighted by molar-refractivity contribution is 5.62. The first-order chi connectivity index (χ1) is 12.1. The van der Waals surface area contributed by atoms with E-state index in [1.54, 1.807) is 18.2 Å². The fourth-order valence-corrected chi connectivity index (χ4v) is 5.62. The fraction of sp³-hybridized carbons (Fsp3) is 0.400. The highest BCUT2D eigenvalue weighted by Gasteiger charge is 2.54. The number of nitrogens with one attached hydrogen (secondary N) is 1. The van der Waals surface area contributed by atoms with Gasteiger partial charge in [-0.1, -0.05) is 18.2 Å². The van der Waals surface area contributed by atoms with Gasteiger partial charge >= 0.3 is 0 Å². The molecule has 0 amide bonds. The smallest absolute Gasteiger partial charge is 0.269 e. The summed E-state index contributed by atoms with van der Waals surface area (Å²) >= 11 is 0. The van der Waals surface area contributed by atoms with Gasteiger partial charge in [-0.05, 0) is 60.6 Å². The van der Waals surface area contributed by atoms with Crippen molar-refractivity contribution in [1.82, 2.24) is 0 Å². The van der Waals surface area contributed by atoms with Crippen LogP contribution >= 0.6 is 0 Å².